The molecule has 0 unspecified atom stereocenters. The third-order valence-electron chi connectivity index (χ3n) is 4.56. The molecule has 0 aliphatic heterocycles. The first kappa shape index (κ1) is 19.9. The van der Waals surface area contributed by atoms with E-state index in [0.717, 1.165) is 6.42 Å². The van der Waals surface area contributed by atoms with Gasteiger partial charge in [0, 0.05) is 6.42 Å². The van der Waals surface area contributed by atoms with Crippen molar-refractivity contribution in [3.63, 3.8) is 0 Å². The number of carbonyl (C=O) groups is 3. The van der Waals surface area contributed by atoms with Crippen LogP contribution >= 0.6 is 0 Å². The van der Waals surface area contributed by atoms with Crippen molar-refractivity contribution in [2.75, 3.05) is 7.11 Å². The molecule has 0 spiro atoms. The lowest BCUT2D eigenvalue weighted by atomic mass is 9.66. The summed E-state index contributed by atoms with van der Waals surface area (Å²) in [6, 6.07) is 8.17. The van der Waals surface area contributed by atoms with E-state index in [0.29, 0.717) is 18.4 Å². The van der Waals surface area contributed by atoms with Crippen LogP contribution in [0.5, 0.6) is 0 Å². The number of ether oxygens (including phenoxy) is 2. The van der Waals surface area contributed by atoms with Gasteiger partial charge in [-0.05, 0) is 39.2 Å². The predicted octanol–water partition coefficient (Wildman–Crippen LogP) is 3.55. The van der Waals surface area contributed by atoms with Gasteiger partial charge in [0.1, 0.15) is 5.60 Å². The van der Waals surface area contributed by atoms with Crippen LogP contribution in [0.1, 0.15) is 58.1 Å². The SMILES string of the molecule is COC(=O)[C@]1([C@H](NC(=O)OC(C)(C)C)c2ccccc2)CCCCC1=O. The molecule has 2 atom stereocenters. The van der Waals surface area contributed by atoms with Crippen molar-refractivity contribution < 1.29 is 23.9 Å². The molecule has 1 aliphatic rings. The van der Waals surface area contributed by atoms with E-state index in [1.54, 1.807) is 45.0 Å². The second-order valence-corrected chi connectivity index (χ2v) is 7.58. The summed E-state index contributed by atoms with van der Waals surface area (Å²) in [5.74, 6) is -0.826. The molecular formula is C20H27NO5. The normalized spacial score (nSPS) is 21.6. The van der Waals surface area contributed by atoms with Gasteiger partial charge in [-0.2, -0.15) is 0 Å². The van der Waals surface area contributed by atoms with E-state index in [-0.39, 0.29) is 12.2 Å². The van der Waals surface area contributed by atoms with Gasteiger partial charge in [-0.3, -0.25) is 9.59 Å². The number of rotatable bonds is 4. The third-order valence-corrected chi connectivity index (χ3v) is 4.56. The van der Waals surface area contributed by atoms with Gasteiger partial charge in [0.2, 0.25) is 0 Å². The summed E-state index contributed by atoms with van der Waals surface area (Å²) in [5.41, 5.74) is -1.47. The fourth-order valence-corrected chi connectivity index (χ4v) is 3.44. The van der Waals surface area contributed by atoms with Crippen LogP contribution in [0, 0.1) is 5.41 Å². The van der Waals surface area contributed by atoms with Crippen LogP contribution in [0.15, 0.2) is 30.3 Å². The number of ketones is 1. The van der Waals surface area contributed by atoms with Crippen LogP contribution < -0.4 is 5.32 Å². The topological polar surface area (TPSA) is 81.7 Å². The van der Waals surface area contributed by atoms with Crippen molar-refractivity contribution in [3.8, 4) is 0 Å². The fraction of sp³-hybridized carbons (Fsp3) is 0.550. The summed E-state index contributed by atoms with van der Waals surface area (Å²) < 4.78 is 10.4. The number of carbonyl (C=O) groups excluding carboxylic acids is 3. The zero-order valence-corrected chi connectivity index (χ0v) is 15.8. The minimum absolute atomic E-state index is 0.208. The Hall–Kier alpha value is -2.37. The molecule has 2 rings (SSSR count). The highest BCUT2D eigenvalue weighted by Crippen LogP contribution is 2.45. The standard InChI is InChI=1S/C20H27NO5/c1-19(2,3)26-18(24)21-16(14-10-6-5-7-11-14)20(17(23)25-4)13-9-8-12-15(20)22/h5-7,10-11,16H,8-9,12-13H2,1-4H3,(H,21,24)/t16-,20-/m1/s1. The fourth-order valence-electron chi connectivity index (χ4n) is 3.44. The Labute approximate surface area is 154 Å². The first-order valence-electron chi connectivity index (χ1n) is 8.87. The maximum absolute atomic E-state index is 12.9. The lowest BCUT2D eigenvalue weighted by molar-refractivity contribution is -0.162. The Morgan fingerprint density at radius 1 is 1.15 bits per heavy atom. The zero-order valence-electron chi connectivity index (χ0n) is 15.8. The summed E-state index contributed by atoms with van der Waals surface area (Å²) in [7, 11) is 1.27. The Morgan fingerprint density at radius 3 is 2.35 bits per heavy atom. The Balaban J connectivity index is 2.48. The van der Waals surface area contributed by atoms with Gasteiger partial charge in [0.05, 0.1) is 13.2 Å². The van der Waals surface area contributed by atoms with Crippen LogP contribution in [0.3, 0.4) is 0 Å². The number of methoxy groups -OCH3 is 1. The van der Waals surface area contributed by atoms with Gasteiger partial charge in [0.25, 0.3) is 0 Å². The number of hydrogen-bond donors (Lipinski definition) is 1. The van der Waals surface area contributed by atoms with Crippen molar-refractivity contribution in [1.29, 1.82) is 0 Å². The average Bonchev–Trinajstić information content (AvgIpc) is 2.59. The second kappa shape index (κ2) is 7.89. The molecule has 1 N–H and O–H groups in total. The lowest BCUT2D eigenvalue weighted by Crippen LogP contribution is -2.53. The molecule has 6 heteroatoms. The first-order chi connectivity index (χ1) is 12.2. The monoisotopic (exact) mass is 361 g/mol. The highest BCUT2D eigenvalue weighted by Gasteiger charge is 2.55. The Kier molecular flexibility index (Phi) is 6.05. The third kappa shape index (κ3) is 4.23. The summed E-state index contributed by atoms with van der Waals surface area (Å²) in [5, 5.41) is 2.76. The molecule has 6 nitrogen and oxygen atoms in total. The Morgan fingerprint density at radius 2 is 1.81 bits per heavy atom. The smallest absolute Gasteiger partial charge is 0.408 e. The molecule has 0 saturated heterocycles. The van der Waals surface area contributed by atoms with Gasteiger partial charge in [-0.15, -0.1) is 0 Å². The number of esters is 1. The van der Waals surface area contributed by atoms with Crippen LogP contribution in [0.2, 0.25) is 0 Å². The summed E-state index contributed by atoms with van der Waals surface area (Å²) in [6.07, 6.45) is 1.38. The summed E-state index contributed by atoms with van der Waals surface area (Å²) in [4.78, 5) is 38.1. The molecule has 1 aromatic rings. The minimum Gasteiger partial charge on any atom is -0.468 e. The molecule has 0 heterocycles. The highest BCUT2D eigenvalue weighted by molar-refractivity contribution is 6.05. The molecule has 26 heavy (non-hydrogen) atoms. The highest BCUT2D eigenvalue weighted by atomic mass is 16.6. The summed E-state index contributed by atoms with van der Waals surface area (Å²) in [6.45, 7) is 5.27. The number of amides is 1. The second-order valence-electron chi connectivity index (χ2n) is 7.58. The number of alkyl carbamates (subject to hydrolysis) is 1. The van der Waals surface area contributed by atoms with Gasteiger partial charge >= 0.3 is 12.1 Å². The molecule has 142 valence electrons. The van der Waals surface area contributed by atoms with Crippen molar-refractivity contribution >= 4 is 17.8 Å². The van der Waals surface area contributed by atoms with E-state index < -0.39 is 29.1 Å². The van der Waals surface area contributed by atoms with E-state index in [2.05, 4.69) is 5.32 Å². The van der Waals surface area contributed by atoms with Gasteiger partial charge in [-0.1, -0.05) is 36.8 Å². The molecule has 0 aromatic heterocycles. The van der Waals surface area contributed by atoms with Crippen LogP contribution in [0.25, 0.3) is 0 Å². The van der Waals surface area contributed by atoms with E-state index in [1.807, 2.05) is 6.07 Å². The van der Waals surface area contributed by atoms with Crippen LogP contribution in [-0.4, -0.2) is 30.6 Å². The average molecular weight is 361 g/mol. The summed E-state index contributed by atoms with van der Waals surface area (Å²) >= 11 is 0. The molecule has 1 aromatic carbocycles. The number of nitrogens with one attached hydrogen (secondary N) is 1. The zero-order chi connectivity index (χ0) is 19.4. The molecule has 0 radical (unpaired) electrons. The molecule has 1 fully saturated rings. The maximum Gasteiger partial charge on any atom is 0.408 e. The molecule has 0 bridgehead atoms. The lowest BCUT2D eigenvalue weighted by Gasteiger charge is -2.40. The Bertz CT molecular complexity index is 655. The van der Waals surface area contributed by atoms with Gasteiger partial charge in [0.15, 0.2) is 11.2 Å². The van der Waals surface area contributed by atoms with Gasteiger partial charge < -0.3 is 14.8 Å². The molecule has 1 saturated carbocycles. The van der Waals surface area contributed by atoms with E-state index in [4.69, 9.17) is 9.47 Å². The first-order valence-corrected chi connectivity index (χ1v) is 8.87. The molecule has 1 amide bonds. The van der Waals surface area contributed by atoms with Crippen LogP contribution in [0.4, 0.5) is 4.79 Å². The van der Waals surface area contributed by atoms with Crippen molar-refractivity contribution in [2.45, 2.75) is 58.1 Å². The van der Waals surface area contributed by atoms with Crippen molar-refractivity contribution in [2.24, 2.45) is 5.41 Å². The molecular weight excluding hydrogens is 334 g/mol. The van der Waals surface area contributed by atoms with E-state index in [1.165, 1.54) is 7.11 Å². The van der Waals surface area contributed by atoms with Crippen LogP contribution in [-0.2, 0) is 19.1 Å². The van der Waals surface area contributed by atoms with Gasteiger partial charge in [-0.25, -0.2) is 4.79 Å². The van der Waals surface area contributed by atoms with Crippen molar-refractivity contribution in [3.05, 3.63) is 35.9 Å². The number of Topliss-reactive ketones (excluding diaryl/α,β-unsaturated/α-hetero) is 1. The van der Waals surface area contributed by atoms with Crippen molar-refractivity contribution in [1.82, 2.24) is 5.32 Å². The predicted molar refractivity (Wildman–Crippen MR) is 96.5 cm³/mol. The minimum atomic E-state index is -1.44. The number of benzene rings is 1. The van der Waals surface area contributed by atoms with E-state index in [9.17, 15) is 14.4 Å². The van der Waals surface area contributed by atoms with E-state index >= 15 is 0 Å². The number of hydrogen-bond acceptors (Lipinski definition) is 5. The maximum atomic E-state index is 12.9. The molecule has 1 aliphatic carbocycles. The quantitative estimate of drug-likeness (QED) is 0.655. The largest absolute Gasteiger partial charge is 0.468 e.